The smallest absolute Gasteiger partial charge is 0.352 e. The number of halogens is 1. The average molecular weight is 734 g/mol. The third-order valence-corrected chi connectivity index (χ3v) is 11.3. The van der Waals surface area contributed by atoms with Crippen molar-refractivity contribution in [3.8, 4) is 11.5 Å². The lowest BCUT2D eigenvalue weighted by atomic mass is 10.0. The number of fused-ring (bicyclic) bond motifs is 2. The van der Waals surface area contributed by atoms with Gasteiger partial charge in [-0.25, -0.2) is 9.78 Å². The number of likely N-dealkylation sites (tertiary alicyclic amines) is 2. The summed E-state index contributed by atoms with van der Waals surface area (Å²) >= 11 is 8.51. The molecule has 49 heavy (non-hydrogen) atoms. The van der Waals surface area contributed by atoms with Crippen molar-refractivity contribution in [2.45, 2.75) is 30.9 Å². The molecule has 1 aromatic heterocycles. The van der Waals surface area contributed by atoms with Gasteiger partial charge in [-0.15, -0.1) is 23.1 Å². The summed E-state index contributed by atoms with van der Waals surface area (Å²) in [6, 6.07) is 1.55. The second-order valence-corrected chi connectivity index (χ2v) is 14.4. The minimum Gasteiger partial charge on any atom is -0.504 e. The lowest BCUT2D eigenvalue weighted by Gasteiger charge is -2.49. The fourth-order valence-electron chi connectivity index (χ4n) is 6.48. The minimum absolute atomic E-state index is 0.0975. The Hall–Kier alpha value is -4.39. The van der Waals surface area contributed by atoms with Crippen molar-refractivity contribution in [1.82, 2.24) is 25.0 Å². The molecule has 0 unspecified atom stereocenters. The highest BCUT2D eigenvalue weighted by Gasteiger charge is 2.55. The second kappa shape index (κ2) is 13.9. The Balaban J connectivity index is 1.10. The minimum atomic E-state index is -1.25. The monoisotopic (exact) mass is 733 g/mol. The fraction of sp³-hybridized carbons (Fsp3) is 0.433. The highest BCUT2D eigenvalue weighted by molar-refractivity contribution is 8.00. The summed E-state index contributed by atoms with van der Waals surface area (Å²) in [5.74, 6) is -3.39. The van der Waals surface area contributed by atoms with Crippen molar-refractivity contribution in [2.24, 2.45) is 17.0 Å². The Morgan fingerprint density at radius 3 is 2.55 bits per heavy atom. The van der Waals surface area contributed by atoms with Gasteiger partial charge < -0.3 is 36.1 Å². The van der Waals surface area contributed by atoms with Crippen LogP contribution in [0.5, 0.6) is 11.5 Å². The van der Waals surface area contributed by atoms with E-state index in [0.717, 1.165) is 11.3 Å². The molecule has 0 aliphatic carbocycles. The largest absolute Gasteiger partial charge is 0.504 e. The number of carboxylic acid groups (broad SMARTS) is 1. The van der Waals surface area contributed by atoms with Gasteiger partial charge in [-0.05, 0) is 36.0 Å². The third-order valence-electron chi connectivity index (χ3n) is 8.94. The number of amides is 3. The number of thiazole rings is 1. The highest BCUT2D eigenvalue weighted by Crippen LogP contribution is 2.42. The second-order valence-electron chi connectivity index (χ2n) is 12.0. The van der Waals surface area contributed by atoms with Gasteiger partial charge in [-0.2, -0.15) is 0 Å². The van der Waals surface area contributed by atoms with Crippen molar-refractivity contribution in [2.75, 3.05) is 44.2 Å². The van der Waals surface area contributed by atoms with Gasteiger partial charge in [0, 0.05) is 43.9 Å². The molecular weight excluding hydrogens is 702 g/mol. The predicted molar refractivity (Wildman–Crippen MR) is 178 cm³/mol. The Bertz CT molecular complexity index is 1770. The maximum atomic E-state index is 13.4. The molecule has 6 rings (SSSR count). The topological polar surface area (TPSA) is 228 Å². The summed E-state index contributed by atoms with van der Waals surface area (Å²) in [5, 5.41) is 37.0. The number of phenolic OH excluding ortho intramolecular Hbond substituents is 2. The molecule has 4 aliphatic rings. The zero-order valence-electron chi connectivity index (χ0n) is 25.9. The first kappa shape index (κ1) is 34.5. The zero-order valence-corrected chi connectivity index (χ0v) is 28.3. The van der Waals surface area contributed by atoms with Crippen LogP contribution in [0.1, 0.15) is 29.4 Å². The van der Waals surface area contributed by atoms with Crippen LogP contribution >= 0.6 is 34.7 Å². The van der Waals surface area contributed by atoms with Crippen LogP contribution < -0.4 is 11.1 Å². The van der Waals surface area contributed by atoms with E-state index in [0.29, 0.717) is 56.8 Å². The number of anilines is 1. The number of hydrogen-bond acceptors (Lipinski definition) is 14. The molecular formula is C30H32ClN7O9S2. The molecule has 1 aromatic carbocycles. The van der Waals surface area contributed by atoms with Crippen LogP contribution in [0.2, 0.25) is 5.02 Å². The molecule has 19 heteroatoms. The number of nitrogens with one attached hydrogen (secondary N) is 1. The van der Waals surface area contributed by atoms with Crippen LogP contribution in [0.4, 0.5) is 5.13 Å². The van der Waals surface area contributed by atoms with E-state index in [4.69, 9.17) is 22.2 Å². The molecule has 6 N–H and O–H groups in total. The maximum Gasteiger partial charge on any atom is 0.352 e. The molecule has 2 aromatic rings. The van der Waals surface area contributed by atoms with Crippen LogP contribution in [0, 0.1) is 11.8 Å². The van der Waals surface area contributed by atoms with Crippen LogP contribution in [0.3, 0.4) is 0 Å². The number of β-lactam (4-membered cyclic amide) rings is 1. The van der Waals surface area contributed by atoms with Crippen LogP contribution in [0.15, 0.2) is 33.9 Å². The third kappa shape index (κ3) is 6.52. The number of aromatic hydroxyl groups is 2. The molecule has 0 spiro atoms. The van der Waals surface area contributed by atoms with Crippen LogP contribution in [0.25, 0.3) is 0 Å². The molecule has 3 fully saturated rings. The van der Waals surface area contributed by atoms with Crippen molar-refractivity contribution in [3.05, 3.63) is 45.1 Å². The summed E-state index contributed by atoms with van der Waals surface area (Å²) in [7, 11) is 0. The lowest BCUT2D eigenvalue weighted by molar-refractivity contribution is -0.150. The number of thioether (sulfide) groups is 1. The van der Waals surface area contributed by atoms with E-state index in [1.165, 1.54) is 34.2 Å². The molecule has 4 aliphatic heterocycles. The van der Waals surface area contributed by atoms with E-state index in [-0.39, 0.29) is 50.6 Å². The van der Waals surface area contributed by atoms with Crippen molar-refractivity contribution >= 4 is 75.5 Å². The Labute approximate surface area is 292 Å². The van der Waals surface area contributed by atoms with Gasteiger partial charge in [0.25, 0.3) is 17.7 Å². The van der Waals surface area contributed by atoms with Crippen LogP contribution in [-0.4, -0.2) is 127 Å². The predicted octanol–water partition coefficient (Wildman–Crippen LogP) is 0.931. The van der Waals surface area contributed by atoms with Crippen molar-refractivity contribution in [1.29, 1.82) is 0 Å². The molecule has 16 nitrogen and oxygen atoms in total. The Kier molecular flexibility index (Phi) is 9.74. The van der Waals surface area contributed by atoms with Gasteiger partial charge in [-0.3, -0.25) is 29.0 Å². The number of hydrogen-bond donors (Lipinski definition) is 5. The number of nitrogen functional groups attached to an aromatic ring is 1. The van der Waals surface area contributed by atoms with E-state index in [1.807, 2.05) is 0 Å². The Morgan fingerprint density at radius 2 is 1.94 bits per heavy atom. The molecule has 0 saturated carbocycles. The number of aliphatic carboxylic acids is 1. The average Bonchev–Trinajstić information content (AvgIpc) is 3.79. The number of rotatable bonds is 11. The van der Waals surface area contributed by atoms with Gasteiger partial charge in [0.2, 0.25) is 0 Å². The number of carbonyl (C=O) groups is 5. The van der Waals surface area contributed by atoms with Gasteiger partial charge >= 0.3 is 5.97 Å². The van der Waals surface area contributed by atoms with Crippen molar-refractivity contribution in [3.63, 3.8) is 0 Å². The van der Waals surface area contributed by atoms with Crippen LogP contribution in [-0.2, 0) is 24.0 Å². The highest BCUT2D eigenvalue weighted by atomic mass is 35.5. The zero-order chi connectivity index (χ0) is 35.1. The number of aromatic nitrogens is 1. The molecule has 0 radical (unpaired) electrons. The molecule has 0 bridgehead atoms. The summed E-state index contributed by atoms with van der Waals surface area (Å²) in [6.45, 7) is 4.13. The van der Waals surface area contributed by atoms with E-state index in [2.05, 4.69) is 20.4 Å². The van der Waals surface area contributed by atoms with Gasteiger partial charge in [0.1, 0.15) is 22.8 Å². The van der Waals surface area contributed by atoms with E-state index >= 15 is 0 Å². The first-order valence-corrected chi connectivity index (χ1v) is 17.6. The summed E-state index contributed by atoms with van der Waals surface area (Å²) in [6.07, 6.45) is -0.0425. The van der Waals surface area contributed by atoms with Gasteiger partial charge in [0.05, 0.1) is 10.6 Å². The molecule has 5 heterocycles. The number of nitrogens with two attached hydrogens (primary N) is 1. The number of carbonyl (C=O) groups excluding carboxylic acids is 4. The summed E-state index contributed by atoms with van der Waals surface area (Å²) in [5.41, 5.74) is 6.10. The van der Waals surface area contributed by atoms with Gasteiger partial charge in [-0.1, -0.05) is 23.7 Å². The quantitative estimate of drug-likeness (QED) is 0.0713. The number of aldehydes is 1. The summed E-state index contributed by atoms with van der Waals surface area (Å²) in [4.78, 5) is 77.7. The first-order chi connectivity index (χ1) is 23.4. The Morgan fingerprint density at radius 1 is 1.22 bits per heavy atom. The van der Waals surface area contributed by atoms with E-state index in [1.54, 1.807) is 11.8 Å². The number of carboxylic acids is 1. The lowest BCUT2D eigenvalue weighted by Crippen LogP contribution is -2.71. The first-order valence-electron chi connectivity index (χ1n) is 15.2. The SMILES string of the molecule is CC[C@@H](C=O)O/N=C(\C(=O)N[C@@H]1C(=O)N2C(C(=O)O)=C(CN3C[C@@H]4CN(C(=O)c5ccc(O)c(O)c5Cl)C[C@@H]4C3)CS[C@H]12)c1csc(N)n1. The fourth-order valence-corrected chi connectivity index (χ4v) is 8.60. The van der Waals surface area contributed by atoms with Crippen molar-refractivity contribution < 1.29 is 44.1 Å². The number of benzene rings is 1. The molecule has 3 saturated heterocycles. The van der Waals surface area contributed by atoms with E-state index < -0.39 is 46.8 Å². The normalized spacial score (nSPS) is 24.3. The van der Waals surface area contributed by atoms with Gasteiger partial charge in [0.15, 0.2) is 34.7 Å². The molecule has 260 valence electrons. The molecule has 3 amide bonds. The number of phenols is 2. The number of oxime groups is 1. The molecule has 5 atom stereocenters. The maximum absolute atomic E-state index is 13.4. The summed E-state index contributed by atoms with van der Waals surface area (Å²) < 4.78 is 0. The standard InChI is InChI=1S/C30H32ClN7O9S2/c1-2-16(10-39)47-35-21(18-12-49-30(32)33-18)25(42)34-22-27(44)38-23(29(45)46)15(11-48-28(22)38)7-36-5-13-8-37(9-14(13)6-36)26(43)17-3-4-19(40)24(41)20(17)31/h3-4,10,12-14,16,22,28,40-41H,2,5-9,11H2,1H3,(H2,32,33)(H,34,42)(H,45,46)/b35-21-/t13-,14+,16-,22+,28+/m0/s1. The van der Waals surface area contributed by atoms with E-state index in [9.17, 15) is 39.3 Å². The number of nitrogens with zero attached hydrogens (tertiary/aromatic N) is 5.